The second kappa shape index (κ2) is 5.53. The molecule has 1 heterocycles. The number of benzene rings is 2. The normalized spacial score (nSPS) is 10.7. The summed E-state index contributed by atoms with van der Waals surface area (Å²) in [5.41, 5.74) is 6.95. The highest BCUT2D eigenvalue weighted by molar-refractivity contribution is 6.01. The number of hydrogen-bond donors (Lipinski definition) is 2. The smallest absolute Gasteiger partial charge is 0.333 e. The lowest BCUT2D eigenvalue weighted by Crippen LogP contribution is -2.24. The molecule has 0 saturated heterocycles. The summed E-state index contributed by atoms with van der Waals surface area (Å²) in [6.45, 7) is 0. The molecular formula is C16H15N3O4. The molecule has 7 nitrogen and oxygen atoms in total. The Kier molecular flexibility index (Phi) is 3.53. The van der Waals surface area contributed by atoms with Gasteiger partial charge in [0.25, 0.3) is 5.91 Å². The monoisotopic (exact) mass is 313 g/mol. The number of methoxy groups -OCH3 is 2. The van der Waals surface area contributed by atoms with Gasteiger partial charge in [-0.1, -0.05) is 0 Å². The Bertz CT molecular complexity index is 956. The van der Waals surface area contributed by atoms with Crippen molar-refractivity contribution in [1.82, 2.24) is 9.55 Å². The van der Waals surface area contributed by atoms with E-state index >= 15 is 0 Å². The van der Waals surface area contributed by atoms with E-state index in [1.165, 1.54) is 20.3 Å². The molecule has 0 saturated carbocycles. The van der Waals surface area contributed by atoms with Crippen LogP contribution in [-0.2, 0) is 0 Å². The summed E-state index contributed by atoms with van der Waals surface area (Å²) in [5.74, 6) is 0.450. The number of nitrogen functional groups attached to an aromatic ring is 1. The zero-order valence-corrected chi connectivity index (χ0v) is 12.6. The molecule has 118 valence electrons. The Morgan fingerprint density at radius 2 is 1.83 bits per heavy atom. The van der Waals surface area contributed by atoms with Gasteiger partial charge in [-0.05, 0) is 36.4 Å². The molecule has 0 aliphatic rings. The first kappa shape index (κ1) is 14.7. The van der Waals surface area contributed by atoms with Crippen LogP contribution in [0.2, 0.25) is 0 Å². The number of aromatic nitrogens is 2. The summed E-state index contributed by atoms with van der Waals surface area (Å²) in [6, 6.07) is 9.59. The predicted molar refractivity (Wildman–Crippen MR) is 86.2 cm³/mol. The minimum absolute atomic E-state index is 0.308. The number of anilines is 1. The van der Waals surface area contributed by atoms with Crippen molar-refractivity contribution in [2.75, 3.05) is 20.0 Å². The van der Waals surface area contributed by atoms with E-state index in [1.807, 2.05) is 0 Å². The fourth-order valence-electron chi connectivity index (χ4n) is 2.43. The van der Waals surface area contributed by atoms with Gasteiger partial charge in [-0.15, -0.1) is 0 Å². The van der Waals surface area contributed by atoms with Crippen LogP contribution in [0.3, 0.4) is 0 Å². The summed E-state index contributed by atoms with van der Waals surface area (Å²) >= 11 is 0. The molecule has 0 aliphatic heterocycles. The average molecular weight is 313 g/mol. The molecule has 0 radical (unpaired) electrons. The van der Waals surface area contributed by atoms with E-state index in [0.717, 1.165) is 4.57 Å². The van der Waals surface area contributed by atoms with Crippen LogP contribution in [0.5, 0.6) is 11.5 Å². The number of aromatic amines is 1. The topological polar surface area (TPSA) is 99.3 Å². The maximum atomic E-state index is 12.7. The number of ether oxygens (including phenoxy) is 2. The first-order valence-electron chi connectivity index (χ1n) is 6.82. The van der Waals surface area contributed by atoms with E-state index in [1.54, 1.807) is 30.3 Å². The zero-order valence-electron chi connectivity index (χ0n) is 12.6. The number of hydrogen-bond acceptors (Lipinski definition) is 5. The van der Waals surface area contributed by atoms with Gasteiger partial charge in [-0.3, -0.25) is 4.79 Å². The van der Waals surface area contributed by atoms with Crippen LogP contribution in [-0.4, -0.2) is 29.7 Å². The van der Waals surface area contributed by atoms with Crippen LogP contribution in [0, 0.1) is 0 Å². The molecule has 0 atom stereocenters. The summed E-state index contributed by atoms with van der Waals surface area (Å²) in [7, 11) is 2.99. The Hall–Kier alpha value is -3.22. The maximum absolute atomic E-state index is 12.7. The van der Waals surface area contributed by atoms with E-state index in [-0.39, 0.29) is 0 Å². The van der Waals surface area contributed by atoms with Gasteiger partial charge in [0.15, 0.2) is 11.5 Å². The van der Waals surface area contributed by atoms with E-state index in [4.69, 9.17) is 15.2 Å². The molecule has 0 bridgehead atoms. The first-order valence-corrected chi connectivity index (χ1v) is 6.82. The number of fused-ring (bicyclic) bond motifs is 1. The highest BCUT2D eigenvalue weighted by Gasteiger charge is 2.17. The Balaban J connectivity index is 2.14. The minimum atomic E-state index is -0.523. The lowest BCUT2D eigenvalue weighted by molar-refractivity contribution is 0.0960. The van der Waals surface area contributed by atoms with Crippen LogP contribution in [0.15, 0.2) is 41.2 Å². The molecule has 1 aromatic heterocycles. The molecule has 0 unspecified atom stereocenters. The van der Waals surface area contributed by atoms with Crippen molar-refractivity contribution in [2.24, 2.45) is 0 Å². The van der Waals surface area contributed by atoms with E-state index < -0.39 is 11.6 Å². The van der Waals surface area contributed by atoms with Crippen molar-refractivity contribution in [3.05, 3.63) is 52.4 Å². The number of carbonyl (C=O) groups is 1. The molecular weight excluding hydrogens is 298 g/mol. The lowest BCUT2D eigenvalue weighted by atomic mass is 10.2. The summed E-state index contributed by atoms with van der Waals surface area (Å²) < 4.78 is 11.4. The van der Waals surface area contributed by atoms with Crippen molar-refractivity contribution in [3.63, 3.8) is 0 Å². The van der Waals surface area contributed by atoms with Crippen LogP contribution < -0.4 is 20.9 Å². The van der Waals surface area contributed by atoms with Gasteiger partial charge < -0.3 is 20.2 Å². The first-order chi connectivity index (χ1) is 11.0. The van der Waals surface area contributed by atoms with Gasteiger partial charge in [0.1, 0.15) is 0 Å². The summed E-state index contributed by atoms with van der Waals surface area (Å²) in [4.78, 5) is 27.5. The van der Waals surface area contributed by atoms with Gasteiger partial charge in [-0.2, -0.15) is 0 Å². The molecule has 3 rings (SSSR count). The number of nitrogens with one attached hydrogen (secondary N) is 1. The van der Waals surface area contributed by atoms with Crippen molar-refractivity contribution in [3.8, 4) is 11.5 Å². The highest BCUT2D eigenvalue weighted by Crippen LogP contribution is 2.28. The molecule has 0 spiro atoms. The Labute approximate surface area is 131 Å². The van der Waals surface area contributed by atoms with Crippen LogP contribution in [0.25, 0.3) is 11.0 Å². The van der Waals surface area contributed by atoms with Gasteiger partial charge >= 0.3 is 5.69 Å². The standard InChI is InChI=1S/C16H15N3O4/c1-22-13-6-3-9(7-14(13)23-2)15(20)19-12-5-4-10(17)8-11(12)18-16(19)21/h3-8H,17H2,1-2H3,(H,18,21). The molecule has 23 heavy (non-hydrogen) atoms. The highest BCUT2D eigenvalue weighted by atomic mass is 16.5. The molecule has 0 aliphatic carbocycles. The number of nitrogens with zero attached hydrogens (tertiary/aromatic N) is 1. The van der Waals surface area contributed by atoms with Crippen LogP contribution in [0.4, 0.5) is 5.69 Å². The summed E-state index contributed by atoms with van der Waals surface area (Å²) in [6.07, 6.45) is 0. The number of rotatable bonds is 3. The number of nitrogens with two attached hydrogens (primary N) is 1. The molecule has 3 aromatic rings. The number of imidazole rings is 1. The molecule has 0 amide bonds. The van der Waals surface area contributed by atoms with Gasteiger partial charge in [0.2, 0.25) is 0 Å². The fraction of sp³-hybridized carbons (Fsp3) is 0.125. The largest absolute Gasteiger partial charge is 0.493 e. The van der Waals surface area contributed by atoms with Crippen LogP contribution >= 0.6 is 0 Å². The Morgan fingerprint density at radius 1 is 1.09 bits per heavy atom. The van der Waals surface area contributed by atoms with Crippen LogP contribution in [0.1, 0.15) is 10.4 Å². The van der Waals surface area contributed by atoms with Crippen molar-refractivity contribution in [2.45, 2.75) is 0 Å². The molecule has 0 fully saturated rings. The van der Waals surface area contributed by atoms with Gasteiger partial charge in [0.05, 0.1) is 25.3 Å². The van der Waals surface area contributed by atoms with Crippen molar-refractivity contribution >= 4 is 22.6 Å². The zero-order chi connectivity index (χ0) is 16.6. The minimum Gasteiger partial charge on any atom is -0.493 e. The lowest BCUT2D eigenvalue weighted by Gasteiger charge is -2.09. The average Bonchev–Trinajstić information content (AvgIpc) is 2.88. The Morgan fingerprint density at radius 3 is 2.52 bits per heavy atom. The predicted octanol–water partition coefficient (Wildman–Crippen LogP) is 1.62. The molecule has 7 heteroatoms. The number of H-pyrrole nitrogens is 1. The third-order valence-electron chi connectivity index (χ3n) is 3.54. The molecule has 2 aromatic carbocycles. The second-order valence-corrected chi connectivity index (χ2v) is 4.92. The quantitative estimate of drug-likeness (QED) is 0.716. The van der Waals surface area contributed by atoms with Gasteiger partial charge in [-0.25, -0.2) is 9.36 Å². The molecule has 3 N–H and O–H groups in total. The van der Waals surface area contributed by atoms with E-state index in [0.29, 0.717) is 33.8 Å². The second-order valence-electron chi connectivity index (χ2n) is 4.92. The third-order valence-corrected chi connectivity index (χ3v) is 3.54. The maximum Gasteiger partial charge on any atom is 0.333 e. The third kappa shape index (κ3) is 2.42. The van der Waals surface area contributed by atoms with Crippen molar-refractivity contribution < 1.29 is 14.3 Å². The van der Waals surface area contributed by atoms with Gasteiger partial charge in [0, 0.05) is 11.3 Å². The van der Waals surface area contributed by atoms with E-state index in [2.05, 4.69) is 4.98 Å². The van der Waals surface area contributed by atoms with E-state index in [9.17, 15) is 9.59 Å². The SMILES string of the molecule is COc1ccc(C(=O)n2c(=O)[nH]c3cc(N)ccc32)cc1OC. The van der Waals surface area contributed by atoms with Crippen molar-refractivity contribution in [1.29, 1.82) is 0 Å². The summed E-state index contributed by atoms with van der Waals surface area (Å²) in [5, 5.41) is 0. The number of carbonyl (C=O) groups excluding carboxylic acids is 1. The fourth-order valence-corrected chi connectivity index (χ4v) is 2.43.